The molecule has 1 aromatic heterocycles. The van der Waals surface area contributed by atoms with Crippen molar-refractivity contribution in [3.05, 3.63) is 6.07 Å². The molecule has 0 aliphatic carbocycles. The van der Waals surface area contributed by atoms with Crippen LogP contribution in [0.3, 0.4) is 0 Å². The molecule has 102 valence electrons. The van der Waals surface area contributed by atoms with Crippen molar-refractivity contribution in [1.82, 2.24) is 14.9 Å². The Balaban J connectivity index is 2.70. The zero-order valence-corrected chi connectivity index (χ0v) is 11.8. The average Bonchev–Trinajstić information content (AvgIpc) is 2.27. The van der Waals surface area contributed by atoms with Gasteiger partial charge in [0.05, 0.1) is 7.11 Å². The largest absolute Gasteiger partial charge is 0.481 e. The predicted molar refractivity (Wildman–Crippen MR) is 73.8 cm³/mol. The van der Waals surface area contributed by atoms with E-state index < -0.39 is 0 Å². The van der Waals surface area contributed by atoms with E-state index in [0.717, 1.165) is 6.54 Å². The zero-order chi connectivity index (χ0) is 13.7. The molecule has 1 heterocycles. The van der Waals surface area contributed by atoms with Gasteiger partial charge in [0.2, 0.25) is 11.8 Å². The molecule has 0 aromatic carbocycles. The second kappa shape index (κ2) is 6.39. The molecule has 0 saturated carbocycles. The van der Waals surface area contributed by atoms with Gasteiger partial charge in [0.1, 0.15) is 5.82 Å². The van der Waals surface area contributed by atoms with Crippen LogP contribution >= 0.6 is 0 Å². The average molecular weight is 253 g/mol. The third kappa shape index (κ3) is 4.03. The second-order valence-electron chi connectivity index (χ2n) is 4.81. The van der Waals surface area contributed by atoms with Crippen LogP contribution in [0.1, 0.15) is 13.8 Å². The van der Waals surface area contributed by atoms with Gasteiger partial charge in [-0.3, -0.25) is 0 Å². The first-order valence-electron chi connectivity index (χ1n) is 6.03. The summed E-state index contributed by atoms with van der Waals surface area (Å²) in [6.45, 7) is 5.19. The van der Waals surface area contributed by atoms with Crippen molar-refractivity contribution in [2.75, 3.05) is 38.8 Å². The molecule has 3 N–H and O–H groups in total. The molecule has 0 fully saturated rings. The molecule has 0 spiro atoms. The van der Waals surface area contributed by atoms with E-state index in [2.05, 4.69) is 48.1 Å². The number of rotatable bonds is 6. The van der Waals surface area contributed by atoms with Crippen LogP contribution in [0.2, 0.25) is 0 Å². The summed E-state index contributed by atoms with van der Waals surface area (Å²) in [7, 11) is 5.70. The first kappa shape index (κ1) is 14.5. The minimum atomic E-state index is 0.211. The van der Waals surface area contributed by atoms with Crippen LogP contribution in [0, 0.1) is 5.92 Å². The van der Waals surface area contributed by atoms with Gasteiger partial charge >= 0.3 is 0 Å². The Morgan fingerprint density at radius 3 is 2.56 bits per heavy atom. The number of hydrogen-bond acceptors (Lipinski definition) is 6. The van der Waals surface area contributed by atoms with Crippen LogP contribution < -0.4 is 15.8 Å². The van der Waals surface area contributed by atoms with Crippen molar-refractivity contribution in [2.24, 2.45) is 5.92 Å². The number of likely N-dealkylation sites (N-methyl/N-ethyl adjacent to an activating group) is 1. The number of aromatic nitrogens is 2. The molecule has 6 heteroatoms. The highest BCUT2D eigenvalue weighted by Gasteiger charge is 2.15. The van der Waals surface area contributed by atoms with Gasteiger partial charge in [-0.05, 0) is 20.0 Å². The Labute approximate surface area is 109 Å². The van der Waals surface area contributed by atoms with E-state index in [4.69, 9.17) is 10.5 Å². The van der Waals surface area contributed by atoms with Gasteiger partial charge < -0.3 is 20.7 Å². The van der Waals surface area contributed by atoms with E-state index in [1.807, 2.05) is 0 Å². The van der Waals surface area contributed by atoms with Crippen LogP contribution in [0.15, 0.2) is 6.07 Å². The van der Waals surface area contributed by atoms with Gasteiger partial charge in [-0.1, -0.05) is 13.8 Å². The number of nitrogens with zero attached hydrogens (tertiary/aromatic N) is 3. The van der Waals surface area contributed by atoms with Crippen LogP contribution in [0.5, 0.6) is 5.88 Å². The SMILES string of the molecule is COc1cc(NC[C@@H](C(C)C)N(C)C)nc(N)n1. The third-order valence-corrected chi connectivity index (χ3v) is 2.85. The summed E-state index contributed by atoms with van der Waals surface area (Å²) in [4.78, 5) is 10.3. The second-order valence-corrected chi connectivity index (χ2v) is 4.81. The Morgan fingerprint density at radius 1 is 1.39 bits per heavy atom. The van der Waals surface area contributed by atoms with Crippen molar-refractivity contribution < 1.29 is 4.74 Å². The minimum absolute atomic E-state index is 0.211. The summed E-state index contributed by atoms with van der Waals surface area (Å²) in [6, 6.07) is 2.16. The molecule has 1 rings (SSSR count). The molecule has 0 aliphatic rings. The summed E-state index contributed by atoms with van der Waals surface area (Å²) in [5.41, 5.74) is 5.61. The fourth-order valence-corrected chi connectivity index (χ4v) is 1.86. The molecular formula is C12H23N5O. The smallest absolute Gasteiger partial charge is 0.225 e. The van der Waals surface area contributed by atoms with E-state index in [-0.39, 0.29) is 5.95 Å². The van der Waals surface area contributed by atoms with Gasteiger partial charge in [-0.15, -0.1) is 0 Å². The fourth-order valence-electron chi connectivity index (χ4n) is 1.86. The van der Waals surface area contributed by atoms with E-state index >= 15 is 0 Å². The molecule has 18 heavy (non-hydrogen) atoms. The molecule has 1 aromatic rings. The number of nitrogens with two attached hydrogens (primary N) is 1. The van der Waals surface area contributed by atoms with Crippen molar-refractivity contribution in [3.63, 3.8) is 0 Å². The number of hydrogen-bond donors (Lipinski definition) is 2. The van der Waals surface area contributed by atoms with E-state index in [1.165, 1.54) is 0 Å². The van der Waals surface area contributed by atoms with Crippen LogP contribution in [0.4, 0.5) is 11.8 Å². The van der Waals surface area contributed by atoms with E-state index in [9.17, 15) is 0 Å². The first-order chi connectivity index (χ1) is 8.43. The minimum Gasteiger partial charge on any atom is -0.481 e. The maximum atomic E-state index is 5.61. The summed E-state index contributed by atoms with van der Waals surface area (Å²) >= 11 is 0. The van der Waals surface area contributed by atoms with Crippen molar-refractivity contribution in [2.45, 2.75) is 19.9 Å². The Kier molecular flexibility index (Phi) is 5.15. The molecule has 0 amide bonds. The molecular weight excluding hydrogens is 230 g/mol. The standard InChI is InChI=1S/C12H23N5O/c1-8(2)9(17(3)4)7-14-10-6-11(18-5)16-12(13)15-10/h6,8-9H,7H2,1-5H3,(H3,13,14,15,16)/t9-/m0/s1. The molecule has 0 saturated heterocycles. The molecule has 0 aliphatic heterocycles. The number of methoxy groups -OCH3 is 1. The van der Waals surface area contributed by atoms with Crippen molar-refractivity contribution in [3.8, 4) is 5.88 Å². The Hall–Kier alpha value is -1.56. The van der Waals surface area contributed by atoms with E-state index in [0.29, 0.717) is 23.7 Å². The lowest BCUT2D eigenvalue weighted by molar-refractivity contribution is 0.243. The maximum absolute atomic E-state index is 5.61. The zero-order valence-electron chi connectivity index (χ0n) is 11.8. The highest BCUT2D eigenvalue weighted by Crippen LogP contribution is 2.15. The third-order valence-electron chi connectivity index (χ3n) is 2.85. The first-order valence-corrected chi connectivity index (χ1v) is 6.03. The molecule has 0 unspecified atom stereocenters. The molecule has 0 bridgehead atoms. The fraction of sp³-hybridized carbons (Fsp3) is 0.667. The quantitative estimate of drug-likeness (QED) is 0.789. The lowest BCUT2D eigenvalue weighted by Gasteiger charge is -2.28. The maximum Gasteiger partial charge on any atom is 0.225 e. The van der Waals surface area contributed by atoms with Gasteiger partial charge in [0.25, 0.3) is 0 Å². The number of nitrogens with one attached hydrogen (secondary N) is 1. The van der Waals surface area contributed by atoms with Crippen LogP contribution in [0.25, 0.3) is 0 Å². The molecule has 0 radical (unpaired) electrons. The lowest BCUT2D eigenvalue weighted by Crippen LogP contribution is -2.38. The highest BCUT2D eigenvalue weighted by molar-refractivity contribution is 5.42. The molecule has 1 atom stereocenters. The normalized spacial score (nSPS) is 12.8. The van der Waals surface area contributed by atoms with Crippen LogP contribution in [-0.2, 0) is 0 Å². The Bertz CT molecular complexity index is 373. The predicted octanol–water partition coefficient (Wildman–Crippen LogP) is 1.07. The van der Waals surface area contributed by atoms with Crippen molar-refractivity contribution >= 4 is 11.8 Å². The Morgan fingerprint density at radius 2 is 2.06 bits per heavy atom. The summed E-state index contributed by atoms with van der Waals surface area (Å²) in [6.07, 6.45) is 0. The summed E-state index contributed by atoms with van der Waals surface area (Å²) in [5, 5.41) is 3.27. The lowest BCUT2D eigenvalue weighted by atomic mass is 10.0. The molecule has 6 nitrogen and oxygen atoms in total. The van der Waals surface area contributed by atoms with Crippen molar-refractivity contribution in [1.29, 1.82) is 0 Å². The highest BCUT2D eigenvalue weighted by atomic mass is 16.5. The number of anilines is 2. The van der Waals surface area contributed by atoms with Gasteiger partial charge in [-0.25, -0.2) is 0 Å². The number of ether oxygens (including phenoxy) is 1. The number of nitrogen functional groups attached to an aromatic ring is 1. The van der Waals surface area contributed by atoms with Gasteiger partial charge in [0, 0.05) is 18.7 Å². The summed E-state index contributed by atoms with van der Waals surface area (Å²) in [5.74, 6) is 1.92. The van der Waals surface area contributed by atoms with E-state index in [1.54, 1.807) is 13.2 Å². The van der Waals surface area contributed by atoms with Gasteiger partial charge in [-0.2, -0.15) is 9.97 Å². The van der Waals surface area contributed by atoms with Crippen LogP contribution in [-0.4, -0.2) is 48.7 Å². The van der Waals surface area contributed by atoms with Gasteiger partial charge in [0.15, 0.2) is 0 Å². The topological polar surface area (TPSA) is 76.3 Å². The summed E-state index contributed by atoms with van der Waals surface area (Å²) < 4.78 is 5.06. The monoisotopic (exact) mass is 253 g/mol.